The minimum absolute atomic E-state index is 0.0946. The standard InChI is InChI=1S/C29H34N4O5S2/c1-23-8-12-26(13-9-23)39(34,35)30-28(22-31-18-20-38-21-19-31)32-16-17-33(29(32)25-6-4-3-5-7-25)40(36,37)27-14-10-24(2)11-15-27/h3-15,29H,16-22H2,1-2H3/t29-/m0/s1. The first-order valence-electron chi connectivity index (χ1n) is 13.3. The summed E-state index contributed by atoms with van der Waals surface area (Å²) in [5.41, 5.74) is 2.64. The van der Waals surface area contributed by atoms with Crippen molar-refractivity contribution in [2.45, 2.75) is 29.8 Å². The molecule has 0 spiro atoms. The van der Waals surface area contributed by atoms with Crippen LogP contribution in [0.1, 0.15) is 22.9 Å². The molecule has 2 fully saturated rings. The molecule has 3 aromatic rings. The molecule has 5 rings (SSSR count). The molecule has 40 heavy (non-hydrogen) atoms. The lowest BCUT2D eigenvalue weighted by molar-refractivity contribution is 0.0438. The summed E-state index contributed by atoms with van der Waals surface area (Å²) in [4.78, 5) is 4.20. The molecule has 11 heteroatoms. The Kier molecular flexibility index (Phi) is 8.39. The van der Waals surface area contributed by atoms with E-state index >= 15 is 0 Å². The maximum absolute atomic E-state index is 13.9. The van der Waals surface area contributed by atoms with E-state index in [1.54, 1.807) is 48.5 Å². The van der Waals surface area contributed by atoms with E-state index in [2.05, 4.69) is 9.30 Å². The smallest absolute Gasteiger partial charge is 0.283 e. The first-order chi connectivity index (χ1) is 19.1. The molecule has 0 unspecified atom stereocenters. The third kappa shape index (κ3) is 6.13. The first kappa shape index (κ1) is 28.4. The Morgan fingerprint density at radius 3 is 1.95 bits per heavy atom. The predicted octanol–water partition coefficient (Wildman–Crippen LogP) is 3.43. The highest BCUT2D eigenvalue weighted by molar-refractivity contribution is 7.90. The van der Waals surface area contributed by atoms with Crippen LogP contribution >= 0.6 is 0 Å². The van der Waals surface area contributed by atoms with Gasteiger partial charge in [-0.05, 0) is 43.7 Å². The lowest BCUT2D eigenvalue weighted by atomic mass is 10.1. The third-order valence-electron chi connectivity index (χ3n) is 7.20. The maximum atomic E-state index is 13.9. The number of hydrogen-bond acceptors (Lipinski definition) is 6. The van der Waals surface area contributed by atoms with Crippen molar-refractivity contribution in [1.82, 2.24) is 14.1 Å². The molecular weight excluding hydrogens is 548 g/mol. The van der Waals surface area contributed by atoms with Crippen molar-refractivity contribution in [2.24, 2.45) is 4.40 Å². The Balaban J connectivity index is 1.59. The zero-order valence-corrected chi connectivity index (χ0v) is 24.3. The Bertz CT molecular complexity index is 1550. The van der Waals surface area contributed by atoms with Crippen LogP contribution < -0.4 is 0 Å². The quantitative estimate of drug-likeness (QED) is 0.311. The van der Waals surface area contributed by atoms with Gasteiger partial charge in [-0.25, -0.2) is 8.42 Å². The number of rotatable bonds is 7. The molecule has 0 N–H and O–H groups in total. The molecule has 2 saturated heterocycles. The van der Waals surface area contributed by atoms with Crippen LogP contribution in [0.4, 0.5) is 0 Å². The van der Waals surface area contributed by atoms with Gasteiger partial charge in [-0.2, -0.15) is 12.7 Å². The zero-order chi connectivity index (χ0) is 28.3. The summed E-state index contributed by atoms with van der Waals surface area (Å²) in [6.45, 7) is 6.83. The molecule has 0 aliphatic carbocycles. The van der Waals surface area contributed by atoms with E-state index in [9.17, 15) is 16.8 Å². The predicted molar refractivity (Wildman–Crippen MR) is 154 cm³/mol. The zero-order valence-electron chi connectivity index (χ0n) is 22.7. The van der Waals surface area contributed by atoms with Gasteiger partial charge >= 0.3 is 0 Å². The highest BCUT2D eigenvalue weighted by Gasteiger charge is 2.43. The lowest BCUT2D eigenvalue weighted by Gasteiger charge is -2.35. The van der Waals surface area contributed by atoms with Crippen molar-refractivity contribution >= 4 is 25.9 Å². The fourth-order valence-electron chi connectivity index (χ4n) is 4.98. The summed E-state index contributed by atoms with van der Waals surface area (Å²) in [5, 5.41) is 0. The van der Waals surface area contributed by atoms with Gasteiger partial charge < -0.3 is 9.64 Å². The topological polar surface area (TPSA) is 99.6 Å². The summed E-state index contributed by atoms with van der Waals surface area (Å²) in [6, 6.07) is 22.6. The van der Waals surface area contributed by atoms with Crippen LogP contribution in [0.2, 0.25) is 0 Å². The molecule has 3 aromatic carbocycles. The molecule has 212 valence electrons. The summed E-state index contributed by atoms with van der Waals surface area (Å²) in [5.74, 6) is 0.304. The summed E-state index contributed by atoms with van der Waals surface area (Å²) in [7, 11) is -7.96. The average molecular weight is 583 g/mol. The van der Waals surface area contributed by atoms with Gasteiger partial charge in [-0.1, -0.05) is 65.7 Å². The van der Waals surface area contributed by atoms with Gasteiger partial charge in [-0.3, -0.25) is 4.90 Å². The average Bonchev–Trinajstić information content (AvgIpc) is 3.40. The van der Waals surface area contributed by atoms with Crippen LogP contribution in [0.5, 0.6) is 0 Å². The second-order valence-corrected chi connectivity index (χ2v) is 13.6. The van der Waals surface area contributed by atoms with E-state index in [1.165, 1.54) is 4.31 Å². The number of hydrogen-bond donors (Lipinski definition) is 0. The molecule has 2 aliphatic heterocycles. The monoisotopic (exact) mass is 582 g/mol. The third-order valence-corrected chi connectivity index (χ3v) is 10.4. The minimum atomic E-state index is -4.06. The molecule has 1 atom stereocenters. The number of amidine groups is 1. The number of benzene rings is 3. The molecule has 0 amide bonds. The van der Waals surface area contributed by atoms with Crippen molar-refractivity contribution in [3.8, 4) is 0 Å². The van der Waals surface area contributed by atoms with Gasteiger partial charge in [0.05, 0.1) is 29.5 Å². The number of ether oxygens (including phenoxy) is 1. The van der Waals surface area contributed by atoms with Gasteiger partial charge in [0.2, 0.25) is 10.0 Å². The van der Waals surface area contributed by atoms with Crippen LogP contribution in [0.15, 0.2) is 93.1 Å². The van der Waals surface area contributed by atoms with E-state index in [0.717, 1.165) is 16.7 Å². The van der Waals surface area contributed by atoms with Crippen molar-refractivity contribution in [3.05, 3.63) is 95.6 Å². The van der Waals surface area contributed by atoms with E-state index < -0.39 is 26.2 Å². The van der Waals surface area contributed by atoms with Gasteiger partial charge in [0.15, 0.2) is 0 Å². The molecule has 9 nitrogen and oxygen atoms in total. The van der Waals surface area contributed by atoms with E-state index in [0.29, 0.717) is 32.1 Å². The van der Waals surface area contributed by atoms with Gasteiger partial charge in [0.25, 0.3) is 10.0 Å². The molecule has 2 aliphatic rings. The molecule has 0 saturated carbocycles. The Morgan fingerprint density at radius 1 is 0.775 bits per heavy atom. The fourth-order valence-corrected chi connectivity index (χ4v) is 7.57. The molecule has 0 radical (unpaired) electrons. The van der Waals surface area contributed by atoms with Crippen molar-refractivity contribution in [2.75, 3.05) is 45.9 Å². The van der Waals surface area contributed by atoms with Crippen LogP contribution in [-0.4, -0.2) is 82.7 Å². The molecule has 0 aromatic heterocycles. The highest BCUT2D eigenvalue weighted by atomic mass is 32.2. The Labute approximate surface area is 236 Å². The largest absolute Gasteiger partial charge is 0.379 e. The maximum Gasteiger partial charge on any atom is 0.283 e. The van der Waals surface area contributed by atoms with Crippen molar-refractivity contribution < 1.29 is 21.6 Å². The summed E-state index contributed by atoms with van der Waals surface area (Å²) >= 11 is 0. The number of morpholine rings is 1. The Hall–Kier alpha value is -3.09. The fraction of sp³-hybridized carbons (Fsp3) is 0.345. The second kappa shape index (κ2) is 11.8. The van der Waals surface area contributed by atoms with Gasteiger partial charge in [-0.15, -0.1) is 4.40 Å². The molecule has 2 heterocycles. The molecule has 0 bridgehead atoms. The Morgan fingerprint density at radius 2 is 1.35 bits per heavy atom. The van der Waals surface area contributed by atoms with Crippen molar-refractivity contribution in [3.63, 3.8) is 0 Å². The van der Waals surface area contributed by atoms with Crippen LogP contribution in [0, 0.1) is 13.8 Å². The number of nitrogens with zero attached hydrogens (tertiary/aromatic N) is 4. The summed E-state index contributed by atoms with van der Waals surface area (Å²) < 4.78 is 66.3. The minimum Gasteiger partial charge on any atom is -0.379 e. The summed E-state index contributed by atoms with van der Waals surface area (Å²) in [6.07, 6.45) is -0.763. The molecular formula is C29H34N4O5S2. The van der Waals surface area contributed by atoms with Crippen molar-refractivity contribution in [1.29, 1.82) is 0 Å². The van der Waals surface area contributed by atoms with Crippen LogP contribution in [0.25, 0.3) is 0 Å². The van der Waals surface area contributed by atoms with Crippen LogP contribution in [-0.2, 0) is 24.8 Å². The highest BCUT2D eigenvalue weighted by Crippen LogP contribution is 2.36. The lowest BCUT2D eigenvalue weighted by Crippen LogP contribution is -2.46. The van der Waals surface area contributed by atoms with E-state index in [-0.39, 0.29) is 29.4 Å². The number of sulfonamides is 2. The second-order valence-electron chi connectivity index (χ2n) is 10.1. The van der Waals surface area contributed by atoms with Crippen LogP contribution in [0.3, 0.4) is 0 Å². The van der Waals surface area contributed by atoms with Gasteiger partial charge in [0.1, 0.15) is 12.0 Å². The van der Waals surface area contributed by atoms with E-state index in [1.807, 2.05) is 49.1 Å². The normalized spacial score (nSPS) is 19.7. The number of aryl methyl sites for hydroxylation is 2. The first-order valence-corrected chi connectivity index (χ1v) is 16.1. The van der Waals surface area contributed by atoms with E-state index in [4.69, 9.17) is 4.74 Å². The SMILES string of the molecule is Cc1ccc(S(=O)(=O)N=C(CN2CCOCC2)N2CCN(S(=O)(=O)c3ccc(C)cc3)[C@H]2c2ccccc2)cc1. The van der Waals surface area contributed by atoms with Gasteiger partial charge in [0, 0.05) is 26.2 Å².